The summed E-state index contributed by atoms with van der Waals surface area (Å²) in [4.78, 5) is 41.0. The Kier molecular flexibility index (Phi) is 8.52. The second kappa shape index (κ2) is 11.7. The van der Waals surface area contributed by atoms with Crippen LogP contribution < -0.4 is 15.5 Å². The van der Waals surface area contributed by atoms with Crippen LogP contribution >= 0.6 is 0 Å². The van der Waals surface area contributed by atoms with E-state index in [1.807, 2.05) is 6.07 Å². The maximum absolute atomic E-state index is 13.4. The number of carbonyl (C=O) groups is 3. The van der Waals surface area contributed by atoms with Gasteiger partial charge in [-0.2, -0.15) is 26.3 Å². The number of hydrogen-bond donors (Lipinski definition) is 2. The first kappa shape index (κ1) is 30.6. The van der Waals surface area contributed by atoms with Gasteiger partial charge in [0.2, 0.25) is 11.8 Å². The molecule has 3 amide bonds. The van der Waals surface area contributed by atoms with Gasteiger partial charge in [0.25, 0.3) is 5.91 Å². The average molecular weight is 603 g/mol. The van der Waals surface area contributed by atoms with Gasteiger partial charge in [0.15, 0.2) is 0 Å². The number of anilines is 1. The first-order valence-electron chi connectivity index (χ1n) is 14.7. The quantitative estimate of drug-likeness (QED) is 0.218. The van der Waals surface area contributed by atoms with Crippen LogP contribution in [-0.2, 0) is 16.1 Å². The minimum atomic E-state index is -4.26. The summed E-state index contributed by atoms with van der Waals surface area (Å²) in [6, 6.07) is 4.32. The molecule has 0 spiro atoms. The number of piperidine rings is 1. The summed E-state index contributed by atoms with van der Waals surface area (Å²) >= 11 is 0. The molecule has 0 radical (unpaired) electrons. The first-order chi connectivity index (χ1) is 19.8. The summed E-state index contributed by atoms with van der Waals surface area (Å²) in [5, 5.41) is 5.40. The Morgan fingerprint density at radius 3 is 2.31 bits per heavy atom. The SMILES string of the molecule is O=C1CCC(N2Cc3c(cccc3N(CCCCC(F)(F)F)C3CCC(NCC4(C(F)(F)F)CC4)CC3)C2=O)C(=O)N1. The lowest BCUT2D eigenvalue weighted by Crippen LogP contribution is -2.52. The zero-order valence-electron chi connectivity index (χ0n) is 23.3. The molecule has 1 unspecified atom stereocenters. The number of rotatable bonds is 10. The third-order valence-electron chi connectivity index (χ3n) is 9.30. The molecule has 42 heavy (non-hydrogen) atoms. The highest BCUT2D eigenvalue weighted by atomic mass is 19.4. The molecule has 3 fully saturated rings. The fraction of sp³-hybridized carbons (Fsp3) is 0.690. The van der Waals surface area contributed by atoms with E-state index in [-0.39, 0.29) is 75.5 Å². The fourth-order valence-corrected chi connectivity index (χ4v) is 6.59. The van der Waals surface area contributed by atoms with Gasteiger partial charge in [-0.1, -0.05) is 6.07 Å². The van der Waals surface area contributed by atoms with Crippen molar-refractivity contribution in [2.45, 2.75) is 108 Å². The van der Waals surface area contributed by atoms with E-state index in [0.29, 0.717) is 43.4 Å². The number of unbranched alkanes of at least 4 members (excludes halogenated alkanes) is 1. The van der Waals surface area contributed by atoms with Crippen LogP contribution in [0.5, 0.6) is 0 Å². The van der Waals surface area contributed by atoms with Crippen molar-refractivity contribution in [1.82, 2.24) is 15.5 Å². The standard InChI is InChI=1S/C29H36F6N4O3/c30-28(31,32)12-1-2-15-38(19-8-6-18(7-9-19)36-17-27(13-14-27)29(33,34)35)22-5-3-4-20-21(22)16-39(26(20)42)23-10-11-24(40)37-25(23)41/h3-5,18-19,23,36H,1-2,6-17H2,(H,37,40,41). The highest BCUT2D eigenvalue weighted by Crippen LogP contribution is 2.57. The highest BCUT2D eigenvalue weighted by Gasteiger charge is 2.62. The topological polar surface area (TPSA) is 81.8 Å². The molecule has 1 saturated heterocycles. The van der Waals surface area contributed by atoms with Gasteiger partial charge in [0.1, 0.15) is 6.04 Å². The van der Waals surface area contributed by atoms with Crippen molar-refractivity contribution in [2.75, 3.05) is 18.0 Å². The molecule has 7 nitrogen and oxygen atoms in total. The second-order valence-corrected chi connectivity index (χ2v) is 12.1. The molecule has 1 aromatic carbocycles. The van der Waals surface area contributed by atoms with Gasteiger partial charge in [0, 0.05) is 61.4 Å². The number of benzene rings is 1. The maximum Gasteiger partial charge on any atom is 0.395 e. The first-order valence-corrected chi connectivity index (χ1v) is 14.7. The molecule has 2 heterocycles. The van der Waals surface area contributed by atoms with Gasteiger partial charge in [-0.05, 0) is 69.9 Å². The zero-order valence-corrected chi connectivity index (χ0v) is 23.3. The van der Waals surface area contributed by atoms with E-state index < -0.39 is 36.1 Å². The van der Waals surface area contributed by atoms with Crippen LogP contribution in [0.15, 0.2) is 18.2 Å². The molecule has 5 rings (SSSR count). The Bertz CT molecular complexity index is 1190. The molecule has 1 aromatic rings. The predicted octanol–water partition coefficient (Wildman–Crippen LogP) is 5.23. The number of imide groups is 1. The van der Waals surface area contributed by atoms with E-state index in [0.717, 1.165) is 5.69 Å². The molecule has 2 N–H and O–H groups in total. The summed E-state index contributed by atoms with van der Waals surface area (Å²) < 4.78 is 78.6. The number of nitrogens with zero attached hydrogens (tertiary/aromatic N) is 2. The van der Waals surface area contributed by atoms with E-state index in [1.54, 1.807) is 12.1 Å². The number of alkyl halides is 6. The lowest BCUT2D eigenvalue weighted by Gasteiger charge is -2.40. The molecule has 4 aliphatic rings. The zero-order chi connectivity index (χ0) is 30.3. The average Bonchev–Trinajstić information content (AvgIpc) is 3.66. The number of fused-ring (bicyclic) bond motifs is 1. The van der Waals surface area contributed by atoms with Crippen LogP contribution in [0, 0.1) is 5.41 Å². The Labute approximate surface area is 240 Å². The van der Waals surface area contributed by atoms with Crippen LogP contribution in [0.4, 0.5) is 32.0 Å². The van der Waals surface area contributed by atoms with Crippen molar-refractivity contribution in [2.24, 2.45) is 5.41 Å². The Balaban J connectivity index is 1.30. The minimum absolute atomic E-state index is 0.0488. The summed E-state index contributed by atoms with van der Waals surface area (Å²) in [5.41, 5.74) is 0.229. The van der Waals surface area contributed by atoms with Gasteiger partial charge < -0.3 is 15.1 Å². The van der Waals surface area contributed by atoms with Crippen LogP contribution in [0.3, 0.4) is 0 Å². The van der Waals surface area contributed by atoms with Crippen LogP contribution in [-0.4, -0.2) is 66.2 Å². The molecule has 2 aliphatic carbocycles. The molecule has 0 aromatic heterocycles. The monoisotopic (exact) mass is 602 g/mol. The number of amides is 3. The van der Waals surface area contributed by atoms with Gasteiger partial charge >= 0.3 is 12.4 Å². The second-order valence-electron chi connectivity index (χ2n) is 12.1. The molecule has 2 aliphatic heterocycles. The van der Waals surface area contributed by atoms with Crippen LogP contribution in [0.25, 0.3) is 0 Å². The summed E-state index contributed by atoms with van der Waals surface area (Å²) in [6.45, 7) is 0.378. The normalized spacial score (nSPS) is 25.8. The van der Waals surface area contributed by atoms with Crippen LogP contribution in [0.2, 0.25) is 0 Å². The smallest absolute Gasteiger partial charge is 0.368 e. The van der Waals surface area contributed by atoms with Crippen LogP contribution in [0.1, 0.15) is 86.6 Å². The molecular formula is C29H36F6N4O3. The van der Waals surface area contributed by atoms with E-state index in [2.05, 4.69) is 15.5 Å². The summed E-state index contributed by atoms with van der Waals surface area (Å²) in [6.07, 6.45) is -5.99. The molecule has 232 valence electrons. The number of carbonyl (C=O) groups excluding carboxylic acids is 3. The predicted molar refractivity (Wildman–Crippen MR) is 142 cm³/mol. The number of hydrogen-bond acceptors (Lipinski definition) is 5. The lowest BCUT2D eigenvalue weighted by molar-refractivity contribution is -0.186. The summed E-state index contributed by atoms with van der Waals surface area (Å²) in [5.74, 6) is -1.24. The van der Waals surface area contributed by atoms with Crippen molar-refractivity contribution >= 4 is 23.4 Å². The van der Waals surface area contributed by atoms with E-state index in [4.69, 9.17) is 0 Å². The number of halogens is 6. The maximum atomic E-state index is 13.4. The van der Waals surface area contributed by atoms with E-state index in [1.165, 1.54) is 4.90 Å². The third kappa shape index (κ3) is 6.55. The van der Waals surface area contributed by atoms with E-state index >= 15 is 0 Å². The molecule has 1 atom stereocenters. The van der Waals surface area contributed by atoms with E-state index in [9.17, 15) is 40.7 Å². The lowest BCUT2D eigenvalue weighted by atomic mass is 9.88. The molecule has 13 heteroatoms. The van der Waals surface area contributed by atoms with Crippen molar-refractivity contribution in [3.8, 4) is 0 Å². The van der Waals surface area contributed by atoms with Crippen molar-refractivity contribution in [3.05, 3.63) is 29.3 Å². The Hall–Kier alpha value is -2.83. The van der Waals surface area contributed by atoms with Gasteiger partial charge in [0.05, 0.1) is 5.41 Å². The van der Waals surface area contributed by atoms with Crippen molar-refractivity contribution < 1.29 is 40.7 Å². The molecular weight excluding hydrogens is 566 g/mol. The fourth-order valence-electron chi connectivity index (χ4n) is 6.59. The molecule has 0 bridgehead atoms. The largest absolute Gasteiger partial charge is 0.395 e. The van der Waals surface area contributed by atoms with Gasteiger partial charge in [-0.15, -0.1) is 0 Å². The highest BCUT2D eigenvalue weighted by molar-refractivity contribution is 6.06. The minimum Gasteiger partial charge on any atom is -0.368 e. The Morgan fingerprint density at radius 1 is 0.976 bits per heavy atom. The molecule has 2 saturated carbocycles. The third-order valence-corrected chi connectivity index (χ3v) is 9.30. The van der Waals surface area contributed by atoms with Crippen molar-refractivity contribution in [3.63, 3.8) is 0 Å². The number of nitrogens with one attached hydrogen (secondary N) is 2. The summed E-state index contributed by atoms with van der Waals surface area (Å²) in [7, 11) is 0. The van der Waals surface area contributed by atoms with Crippen molar-refractivity contribution in [1.29, 1.82) is 0 Å². The van der Waals surface area contributed by atoms with Gasteiger partial charge in [-0.3, -0.25) is 19.7 Å². The van der Waals surface area contributed by atoms with Gasteiger partial charge in [-0.25, -0.2) is 0 Å². The Morgan fingerprint density at radius 2 is 1.69 bits per heavy atom.